The van der Waals surface area contributed by atoms with Crippen LogP contribution < -0.4 is 16.0 Å². The molecule has 0 saturated carbocycles. The third-order valence-corrected chi connectivity index (χ3v) is 11.3. The number of carbonyl (C=O) groups excluding carboxylic acids is 4. The van der Waals surface area contributed by atoms with Gasteiger partial charge in [-0.2, -0.15) is 0 Å². The van der Waals surface area contributed by atoms with Crippen LogP contribution in [0.2, 0.25) is 0 Å². The molecule has 10 atom stereocenters. The minimum absolute atomic E-state index is 0.00715. The number of aliphatic hydroxyl groups excluding tert-OH is 1. The highest BCUT2D eigenvalue weighted by molar-refractivity contribution is 5.92. The fourth-order valence-corrected chi connectivity index (χ4v) is 7.80. The Hall–Kier alpha value is -3.06. The lowest BCUT2D eigenvalue weighted by Crippen LogP contribution is -2.61. The number of amides is 4. The van der Waals surface area contributed by atoms with Crippen LogP contribution in [0.3, 0.4) is 0 Å². The van der Waals surface area contributed by atoms with Gasteiger partial charge in [0.15, 0.2) is 0 Å². The first-order valence-corrected chi connectivity index (χ1v) is 18.8. The average Bonchev–Trinajstić information content (AvgIpc) is 3.80. The smallest absolute Gasteiger partial charge is 0.245 e. The lowest BCUT2D eigenvalue weighted by molar-refractivity contribution is -0.148. The van der Waals surface area contributed by atoms with Crippen molar-refractivity contribution in [2.45, 2.75) is 135 Å². The van der Waals surface area contributed by atoms with E-state index in [1.54, 1.807) is 44.9 Å². The quantitative estimate of drug-likeness (QED) is 0.181. The summed E-state index contributed by atoms with van der Waals surface area (Å²) in [5.41, 5.74) is 0.000187. The van der Waals surface area contributed by atoms with Crippen molar-refractivity contribution in [2.75, 3.05) is 34.4 Å². The number of nitrogens with zero attached hydrogens (tertiary/aromatic N) is 2. The van der Waals surface area contributed by atoms with Crippen molar-refractivity contribution in [1.82, 2.24) is 25.8 Å². The normalized spacial score (nSPS) is 23.8. The first kappa shape index (κ1) is 42.4. The molecule has 1 aromatic rings. The van der Waals surface area contributed by atoms with Gasteiger partial charge < -0.3 is 40.3 Å². The molecule has 0 spiro atoms. The molecule has 2 aliphatic rings. The van der Waals surface area contributed by atoms with E-state index in [1.807, 2.05) is 65.0 Å². The number of methoxy groups -OCH3 is 2. The molecule has 2 saturated heterocycles. The van der Waals surface area contributed by atoms with Crippen molar-refractivity contribution in [3.8, 4) is 0 Å². The molecule has 0 bridgehead atoms. The van der Waals surface area contributed by atoms with Crippen molar-refractivity contribution >= 4 is 23.6 Å². The number of likely N-dealkylation sites (N-methyl/N-ethyl adjacent to an activating group) is 1. The number of ether oxygens (including phenoxy) is 2. The van der Waals surface area contributed by atoms with E-state index in [0.717, 1.165) is 25.8 Å². The first-order chi connectivity index (χ1) is 24.1. The maximum atomic E-state index is 14.2. The minimum Gasteiger partial charge on any atom is -0.386 e. The summed E-state index contributed by atoms with van der Waals surface area (Å²) in [5.74, 6) is -1.56. The SMILES string of the molecule is CCC(C)C(C(CC(=O)N1CCCC1C(OC)C(C)C(=O)NC(C)C(O)c1ccccc1)OC)N(C)C(=O)C(NC(=O)C1(C)CCCN1)C(C)C. The minimum atomic E-state index is -0.873. The monoisotopic (exact) mass is 715 g/mol. The Bertz CT molecular complexity index is 1290. The summed E-state index contributed by atoms with van der Waals surface area (Å²) < 4.78 is 11.9. The van der Waals surface area contributed by atoms with Gasteiger partial charge in [0.25, 0.3) is 0 Å². The van der Waals surface area contributed by atoms with Gasteiger partial charge in [0.05, 0.1) is 54.3 Å². The van der Waals surface area contributed by atoms with E-state index >= 15 is 0 Å². The van der Waals surface area contributed by atoms with E-state index in [0.29, 0.717) is 24.9 Å². The van der Waals surface area contributed by atoms with Crippen LogP contribution in [-0.2, 0) is 28.7 Å². The highest BCUT2D eigenvalue weighted by Crippen LogP contribution is 2.30. The molecule has 0 aromatic heterocycles. The van der Waals surface area contributed by atoms with E-state index in [-0.39, 0.29) is 47.9 Å². The second-order valence-corrected chi connectivity index (χ2v) is 15.3. The second-order valence-electron chi connectivity index (χ2n) is 15.3. The van der Waals surface area contributed by atoms with Crippen LogP contribution in [0.4, 0.5) is 0 Å². The summed E-state index contributed by atoms with van der Waals surface area (Å²) in [4.78, 5) is 58.5. The van der Waals surface area contributed by atoms with Gasteiger partial charge in [0.2, 0.25) is 23.6 Å². The maximum Gasteiger partial charge on any atom is 0.245 e. The van der Waals surface area contributed by atoms with Crippen molar-refractivity contribution in [2.24, 2.45) is 17.8 Å². The van der Waals surface area contributed by atoms with Gasteiger partial charge in [-0.3, -0.25) is 19.2 Å². The number of hydrogen-bond acceptors (Lipinski definition) is 8. The van der Waals surface area contributed by atoms with E-state index in [9.17, 15) is 24.3 Å². The number of carbonyl (C=O) groups is 4. The molecule has 2 fully saturated rings. The molecule has 1 aromatic carbocycles. The highest BCUT2D eigenvalue weighted by Gasteiger charge is 2.44. The summed E-state index contributed by atoms with van der Waals surface area (Å²) >= 11 is 0. The Labute approximate surface area is 305 Å². The molecular formula is C39H65N5O7. The van der Waals surface area contributed by atoms with Crippen LogP contribution >= 0.6 is 0 Å². The zero-order chi connectivity index (χ0) is 38.0. The summed E-state index contributed by atoms with van der Waals surface area (Å²) in [6.45, 7) is 14.6. The number of aliphatic hydroxyl groups is 1. The molecule has 12 heteroatoms. The Morgan fingerprint density at radius 1 is 1.04 bits per heavy atom. The van der Waals surface area contributed by atoms with E-state index < -0.39 is 47.9 Å². The molecule has 10 unspecified atom stereocenters. The molecule has 3 rings (SSSR count). The average molecular weight is 716 g/mol. The van der Waals surface area contributed by atoms with Gasteiger partial charge in [-0.05, 0) is 63.5 Å². The van der Waals surface area contributed by atoms with Crippen LogP contribution in [0.5, 0.6) is 0 Å². The van der Waals surface area contributed by atoms with Gasteiger partial charge >= 0.3 is 0 Å². The van der Waals surface area contributed by atoms with Crippen molar-refractivity contribution in [3.05, 3.63) is 35.9 Å². The van der Waals surface area contributed by atoms with Crippen molar-refractivity contribution < 1.29 is 33.8 Å². The molecule has 288 valence electrons. The summed E-state index contributed by atoms with van der Waals surface area (Å²) in [6, 6.07) is 7.15. The fraction of sp³-hybridized carbons (Fsp3) is 0.744. The molecule has 4 N–H and O–H groups in total. The first-order valence-electron chi connectivity index (χ1n) is 18.8. The zero-order valence-electron chi connectivity index (χ0n) is 32.6. The molecule has 2 heterocycles. The van der Waals surface area contributed by atoms with Crippen LogP contribution in [0.1, 0.15) is 98.7 Å². The number of rotatable bonds is 18. The molecule has 2 aliphatic heterocycles. The molecule has 0 radical (unpaired) electrons. The Morgan fingerprint density at radius 3 is 2.25 bits per heavy atom. The number of benzene rings is 1. The standard InChI is InChI=1S/C39H65N5O7/c1-11-25(4)33(43(8)37(48)32(24(2)3)42-38(49)39(7)20-16-21-40-39)30(50-9)23-31(45)44-22-15-19-29(44)35(51-10)26(5)36(47)41-27(6)34(46)28-17-13-12-14-18-28/h12-14,17-18,24-27,29-30,32-35,40,46H,11,15-16,19-23H2,1-10H3,(H,41,47)(H,42,49). The summed E-state index contributed by atoms with van der Waals surface area (Å²) in [7, 11) is 4.86. The third-order valence-electron chi connectivity index (χ3n) is 11.3. The van der Waals surface area contributed by atoms with Gasteiger partial charge in [-0.15, -0.1) is 0 Å². The van der Waals surface area contributed by atoms with Gasteiger partial charge in [0.1, 0.15) is 6.04 Å². The van der Waals surface area contributed by atoms with Crippen LogP contribution in [-0.4, -0.2) is 115 Å². The number of nitrogens with one attached hydrogen (secondary N) is 3. The maximum absolute atomic E-state index is 14.2. The molecular weight excluding hydrogens is 650 g/mol. The second kappa shape index (κ2) is 19.1. The fourth-order valence-electron chi connectivity index (χ4n) is 7.80. The van der Waals surface area contributed by atoms with Crippen LogP contribution in [0.25, 0.3) is 0 Å². The Kier molecular flexibility index (Phi) is 15.9. The highest BCUT2D eigenvalue weighted by atomic mass is 16.5. The summed E-state index contributed by atoms with van der Waals surface area (Å²) in [5, 5.41) is 20.1. The predicted octanol–water partition coefficient (Wildman–Crippen LogP) is 3.43. The van der Waals surface area contributed by atoms with E-state index in [4.69, 9.17) is 9.47 Å². The van der Waals surface area contributed by atoms with Crippen LogP contribution in [0, 0.1) is 17.8 Å². The lowest BCUT2D eigenvalue weighted by atomic mass is 9.89. The molecule has 4 amide bonds. The van der Waals surface area contributed by atoms with Gasteiger partial charge in [-0.25, -0.2) is 0 Å². The Morgan fingerprint density at radius 2 is 1.71 bits per heavy atom. The summed E-state index contributed by atoms with van der Waals surface area (Å²) in [6.07, 6.45) is 1.79. The molecule has 12 nitrogen and oxygen atoms in total. The Balaban J connectivity index is 1.74. The molecule has 0 aliphatic carbocycles. The predicted molar refractivity (Wildman–Crippen MR) is 198 cm³/mol. The van der Waals surface area contributed by atoms with Crippen molar-refractivity contribution in [1.29, 1.82) is 0 Å². The lowest BCUT2D eigenvalue weighted by Gasteiger charge is -2.41. The topological polar surface area (TPSA) is 150 Å². The zero-order valence-corrected chi connectivity index (χ0v) is 32.6. The number of hydrogen-bond donors (Lipinski definition) is 4. The largest absolute Gasteiger partial charge is 0.386 e. The third kappa shape index (κ3) is 10.3. The van der Waals surface area contributed by atoms with Crippen molar-refractivity contribution in [3.63, 3.8) is 0 Å². The van der Waals surface area contributed by atoms with Gasteiger partial charge in [-0.1, -0.05) is 71.4 Å². The van der Waals surface area contributed by atoms with Crippen LogP contribution in [0.15, 0.2) is 30.3 Å². The molecule has 51 heavy (non-hydrogen) atoms. The number of likely N-dealkylation sites (tertiary alicyclic amines) is 1. The van der Waals surface area contributed by atoms with E-state index in [1.165, 1.54) is 0 Å². The van der Waals surface area contributed by atoms with E-state index in [2.05, 4.69) is 16.0 Å². The van der Waals surface area contributed by atoms with Gasteiger partial charge in [0, 0.05) is 27.8 Å².